The van der Waals surface area contributed by atoms with E-state index in [4.69, 9.17) is 0 Å². The lowest BCUT2D eigenvalue weighted by atomic mass is 10.2. The maximum absolute atomic E-state index is 10.6. The van der Waals surface area contributed by atoms with Gasteiger partial charge in [-0.2, -0.15) is 0 Å². The molecule has 0 fully saturated rings. The summed E-state index contributed by atoms with van der Waals surface area (Å²) >= 11 is 0. The number of hydrogen-bond donors (Lipinski definition) is 3. The Kier molecular flexibility index (Phi) is 3.92. The highest BCUT2D eigenvalue weighted by Gasteiger charge is 2.12. The lowest BCUT2D eigenvalue weighted by Crippen LogP contribution is -2.04. The number of aryl methyl sites for hydroxylation is 1. The number of aliphatic hydroxyl groups excluding tert-OH is 1. The van der Waals surface area contributed by atoms with Gasteiger partial charge in [0.1, 0.15) is 5.82 Å². The highest BCUT2D eigenvalue weighted by molar-refractivity contribution is 5.61. The van der Waals surface area contributed by atoms with Crippen LogP contribution in [0.1, 0.15) is 17.5 Å². The molecule has 0 radical (unpaired) electrons. The van der Waals surface area contributed by atoms with Crippen molar-refractivity contribution in [1.29, 1.82) is 0 Å². The number of non-ortho nitro benzene ring substituents is 1. The first-order valence-electron chi connectivity index (χ1n) is 5.82. The summed E-state index contributed by atoms with van der Waals surface area (Å²) in [5.41, 5.74) is 1.48. The van der Waals surface area contributed by atoms with Gasteiger partial charge in [-0.25, -0.2) is 4.98 Å². The monoisotopic (exact) mass is 275 g/mol. The fraction of sp³-hybridized carbons (Fsp3) is 0.154. The Hall–Kier alpha value is -2.51. The van der Waals surface area contributed by atoms with Crippen LogP contribution >= 0.6 is 0 Å². The van der Waals surface area contributed by atoms with Crippen molar-refractivity contribution in [1.82, 2.24) is 4.98 Å². The van der Waals surface area contributed by atoms with Gasteiger partial charge in [0.2, 0.25) is 0 Å². The normalized spacial score (nSPS) is 10.6. The van der Waals surface area contributed by atoms with E-state index in [9.17, 15) is 20.3 Å². The predicted octanol–water partition coefficient (Wildman–Crippen LogP) is 2.03. The highest BCUT2D eigenvalue weighted by atomic mass is 16.6. The lowest BCUT2D eigenvalue weighted by Gasteiger charge is -2.13. The van der Waals surface area contributed by atoms with E-state index in [2.05, 4.69) is 10.3 Å². The van der Waals surface area contributed by atoms with Gasteiger partial charge in [-0.3, -0.25) is 10.1 Å². The summed E-state index contributed by atoms with van der Waals surface area (Å²) in [6.45, 7) is 1.77. The van der Waals surface area contributed by atoms with Gasteiger partial charge in [0, 0.05) is 23.5 Å². The number of aliphatic hydroxyl groups is 2. The molecule has 104 valence electrons. The van der Waals surface area contributed by atoms with Gasteiger partial charge in [-0.05, 0) is 31.2 Å². The van der Waals surface area contributed by atoms with Crippen LogP contribution in [0.2, 0.25) is 0 Å². The number of nitro benzene ring substituents is 1. The minimum Gasteiger partial charge on any atom is -0.364 e. The Labute approximate surface area is 114 Å². The SMILES string of the molecule is Cc1ccc(C(O)O)c(Nc2ccc([N+](=O)[O-])cc2)n1. The second kappa shape index (κ2) is 5.64. The van der Waals surface area contributed by atoms with Gasteiger partial charge in [-0.15, -0.1) is 0 Å². The first-order chi connectivity index (χ1) is 9.47. The van der Waals surface area contributed by atoms with E-state index in [1.807, 2.05) is 0 Å². The molecule has 0 unspecified atom stereocenters. The number of benzene rings is 1. The fourth-order valence-electron chi connectivity index (χ4n) is 1.68. The number of hydrogen-bond acceptors (Lipinski definition) is 6. The Morgan fingerprint density at radius 1 is 1.20 bits per heavy atom. The third kappa shape index (κ3) is 3.08. The molecule has 20 heavy (non-hydrogen) atoms. The van der Waals surface area contributed by atoms with Crippen molar-refractivity contribution >= 4 is 17.2 Å². The molecule has 0 saturated carbocycles. The quantitative estimate of drug-likeness (QED) is 0.447. The summed E-state index contributed by atoms with van der Waals surface area (Å²) in [5.74, 6) is 0.300. The molecule has 2 aromatic rings. The molecule has 7 nitrogen and oxygen atoms in total. The molecule has 0 aliphatic heterocycles. The second-order valence-electron chi connectivity index (χ2n) is 4.19. The van der Waals surface area contributed by atoms with Crippen molar-refractivity contribution in [2.75, 3.05) is 5.32 Å². The maximum atomic E-state index is 10.6. The smallest absolute Gasteiger partial charge is 0.269 e. The summed E-state index contributed by atoms with van der Waals surface area (Å²) in [7, 11) is 0. The van der Waals surface area contributed by atoms with E-state index in [1.54, 1.807) is 19.1 Å². The van der Waals surface area contributed by atoms with E-state index in [0.717, 1.165) is 0 Å². The van der Waals surface area contributed by atoms with Crippen molar-refractivity contribution < 1.29 is 15.1 Å². The number of nitrogens with one attached hydrogen (secondary N) is 1. The molecule has 2 rings (SSSR count). The van der Waals surface area contributed by atoms with Crippen LogP contribution in [0.15, 0.2) is 36.4 Å². The summed E-state index contributed by atoms with van der Waals surface area (Å²) in [6, 6.07) is 8.97. The van der Waals surface area contributed by atoms with E-state index in [0.29, 0.717) is 17.2 Å². The van der Waals surface area contributed by atoms with Gasteiger partial charge >= 0.3 is 0 Å². The molecule has 0 bridgehead atoms. The zero-order chi connectivity index (χ0) is 14.7. The van der Waals surface area contributed by atoms with Gasteiger partial charge < -0.3 is 15.5 Å². The average molecular weight is 275 g/mol. The number of nitrogens with zero attached hydrogens (tertiary/aromatic N) is 2. The third-order valence-corrected chi connectivity index (χ3v) is 2.68. The number of nitro groups is 1. The van der Waals surface area contributed by atoms with Crippen LogP contribution < -0.4 is 5.32 Å². The molecule has 0 atom stereocenters. The summed E-state index contributed by atoms with van der Waals surface area (Å²) in [6.07, 6.45) is -1.65. The molecule has 1 aromatic carbocycles. The van der Waals surface area contributed by atoms with Crippen LogP contribution in [0.5, 0.6) is 0 Å². The Morgan fingerprint density at radius 2 is 1.85 bits per heavy atom. The fourth-order valence-corrected chi connectivity index (χ4v) is 1.68. The summed E-state index contributed by atoms with van der Waals surface area (Å²) in [4.78, 5) is 14.3. The molecular formula is C13H13N3O4. The lowest BCUT2D eigenvalue weighted by molar-refractivity contribution is -0.384. The molecule has 1 aromatic heterocycles. The number of aromatic nitrogens is 1. The van der Waals surface area contributed by atoms with Gasteiger partial charge in [0.05, 0.1) is 10.5 Å². The maximum Gasteiger partial charge on any atom is 0.269 e. The summed E-state index contributed by atoms with van der Waals surface area (Å²) in [5, 5.41) is 32.0. The zero-order valence-corrected chi connectivity index (χ0v) is 10.6. The molecule has 3 N–H and O–H groups in total. The van der Waals surface area contributed by atoms with E-state index < -0.39 is 11.2 Å². The topological polar surface area (TPSA) is 109 Å². The Bertz CT molecular complexity index is 626. The van der Waals surface area contributed by atoms with E-state index in [-0.39, 0.29) is 11.3 Å². The van der Waals surface area contributed by atoms with Crippen LogP contribution in [-0.4, -0.2) is 20.1 Å². The molecule has 1 heterocycles. The van der Waals surface area contributed by atoms with Crippen molar-refractivity contribution in [3.63, 3.8) is 0 Å². The Morgan fingerprint density at radius 3 is 2.40 bits per heavy atom. The number of pyridine rings is 1. The molecule has 0 aliphatic carbocycles. The minimum absolute atomic E-state index is 0.0184. The molecule has 0 saturated heterocycles. The third-order valence-electron chi connectivity index (χ3n) is 2.68. The van der Waals surface area contributed by atoms with Crippen molar-refractivity contribution in [2.24, 2.45) is 0 Å². The average Bonchev–Trinajstić information content (AvgIpc) is 2.39. The molecule has 0 amide bonds. The molecule has 0 spiro atoms. The predicted molar refractivity (Wildman–Crippen MR) is 72.5 cm³/mol. The van der Waals surface area contributed by atoms with Gasteiger partial charge in [0.25, 0.3) is 5.69 Å². The van der Waals surface area contributed by atoms with Crippen molar-refractivity contribution in [3.8, 4) is 0 Å². The number of rotatable bonds is 4. The zero-order valence-electron chi connectivity index (χ0n) is 10.6. The molecular weight excluding hydrogens is 262 g/mol. The number of anilines is 2. The van der Waals surface area contributed by atoms with Crippen LogP contribution in [0.25, 0.3) is 0 Å². The minimum atomic E-state index is -1.65. The molecule has 7 heteroatoms. The standard InChI is InChI=1S/C13H13N3O4/c1-8-2-7-11(13(17)18)12(14-8)15-9-3-5-10(6-4-9)16(19)20/h2-7,13,17-18H,1H3,(H,14,15). The van der Waals surface area contributed by atoms with Gasteiger partial charge in [-0.1, -0.05) is 0 Å². The summed E-state index contributed by atoms with van der Waals surface area (Å²) < 4.78 is 0. The van der Waals surface area contributed by atoms with Crippen LogP contribution in [0, 0.1) is 17.0 Å². The first kappa shape index (κ1) is 13.9. The largest absolute Gasteiger partial charge is 0.364 e. The van der Waals surface area contributed by atoms with E-state index in [1.165, 1.54) is 24.3 Å². The Balaban J connectivity index is 2.29. The second-order valence-corrected chi connectivity index (χ2v) is 4.19. The van der Waals surface area contributed by atoms with Crippen LogP contribution in [-0.2, 0) is 0 Å². The van der Waals surface area contributed by atoms with Crippen LogP contribution in [0.4, 0.5) is 17.2 Å². The van der Waals surface area contributed by atoms with E-state index >= 15 is 0 Å². The van der Waals surface area contributed by atoms with Crippen LogP contribution in [0.3, 0.4) is 0 Å². The highest BCUT2D eigenvalue weighted by Crippen LogP contribution is 2.24. The molecule has 0 aliphatic rings. The first-order valence-corrected chi connectivity index (χ1v) is 5.82. The van der Waals surface area contributed by atoms with Crippen molar-refractivity contribution in [2.45, 2.75) is 13.2 Å². The van der Waals surface area contributed by atoms with Gasteiger partial charge in [0.15, 0.2) is 6.29 Å². The van der Waals surface area contributed by atoms with Crippen molar-refractivity contribution in [3.05, 3.63) is 57.8 Å².